The van der Waals surface area contributed by atoms with Gasteiger partial charge in [0.15, 0.2) is 0 Å². The summed E-state index contributed by atoms with van der Waals surface area (Å²) in [7, 11) is 0. The Kier molecular flexibility index (Phi) is 7.33. The van der Waals surface area contributed by atoms with E-state index in [2.05, 4.69) is 16.4 Å². The third-order valence-electron chi connectivity index (χ3n) is 8.70. The van der Waals surface area contributed by atoms with Crippen LogP contribution in [0.15, 0.2) is 66.9 Å². The molecule has 0 saturated carbocycles. The van der Waals surface area contributed by atoms with Crippen LogP contribution in [0.3, 0.4) is 0 Å². The summed E-state index contributed by atoms with van der Waals surface area (Å²) in [5.74, 6) is -0.977. The van der Waals surface area contributed by atoms with E-state index in [4.69, 9.17) is 5.26 Å². The summed E-state index contributed by atoms with van der Waals surface area (Å²) in [6, 6.07) is 19.7. The number of nitrogens with one attached hydrogen (secondary N) is 1. The first-order valence-electron chi connectivity index (χ1n) is 14.2. The van der Waals surface area contributed by atoms with Gasteiger partial charge in [-0.15, -0.1) is 0 Å². The van der Waals surface area contributed by atoms with E-state index in [0.717, 1.165) is 11.1 Å². The van der Waals surface area contributed by atoms with Crippen molar-refractivity contribution in [2.45, 2.75) is 24.7 Å². The highest BCUT2D eigenvalue weighted by molar-refractivity contribution is 6.10. The first-order chi connectivity index (χ1) is 20.4. The Morgan fingerprint density at radius 2 is 1.83 bits per heavy atom. The molecule has 3 aromatic rings. The zero-order valence-corrected chi connectivity index (χ0v) is 23.1. The summed E-state index contributed by atoms with van der Waals surface area (Å²) < 4.78 is 13.4. The van der Waals surface area contributed by atoms with Gasteiger partial charge in [-0.3, -0.25) is 14.4 Å². The number of hydrogen-bond acceptors (Lipinski definition) is 6. The van der Waals surface area contributed by atoms with Gasteiger partial charge in [0.2, 0.25) is 17.7 Å². The van der Waals surface area contributed by atoms with Gasteiger partial charge in [0.25, 0.3) is 0 Å². The number of nitrogens with zero attached hydrogens (tertiary/aromatic N) is 5. The van der Waals surface area contributed by atoms with Crippen LogP contribution in [0.5, 0.6) is 0 Å². The maximum Gasteiger partial charge on any atom is 0.237 e. The zero-order chi connectivity index (χ0) is 29.3. The third kappa shape index (κ3) is 4.96. The lowest BCUT2D eigenvalue weighted by molar-refractivity contribution is -0.139. The van der Waals surface area contributed by atoms with Gasteiger partial charge in [0.05, 0.1) is 23.7 Å². The van der Waals surface area contributed by atoms with Gasteiger partial charge in [-0.25, -0.2) is 9.37 Å². The molecule has 2 fully saturated rings. The maximum atomic E-state index is 14.3. The second kappa shape index (κ2) is 11.2. The molecule has 2 atom stereocenters. The summed E-state index contributed by atoms with van der Waals surface area (Å²) in [6.07, 6.45) is 2.61. The number of aryl methyl sites for hydroxylation is 1. The number of pyridine rings is 1. The van der Waals surface area contributed by atoms with E-state index < -0.39 is 17.2 Å². The molecule has 2 saturated heterocycles. The van der Waals surface area contributed by atoms with Crippen molar-refractivity contribution >= 4 is 29.2 Å². The number of benzene rings is 2. The van der Waals surface area contributed by atoms with Crippen LogP contribution in [0.1, 0.15) is 29.5 Å². The number of halogens is 1. The molecule has 0 bridgehead atoms. The van der Waals surface area contributed by atoms with E-state index in [0.29, 0.717) is 56.1 Å². The van der Waals surface area contributed by atoms with Crippen molar-refractivity contribution in [2.75, 3.05) is 49.5 Å². The third-order valence-corrected chi connectivity index (χ3v) is 8.70. The van der Waals surface area contributed by atoms with Crippen molar-refractivity contribution < 1.29 is 18.8 Å². The number of amides is 3. The van der Waals surface area contributed by atoms with E-state index in [1.54, 1.807) is 28.0 Å². The monoisotopic (exact) mass is 566 g/mol. The van der Waals surface area contributed by atoms with E-state index in [-0.39, 0.29) is 37.2 Å². The number of carbonyl (C=O) groups is 3. The first-order valence-corrected chi connectivity index (χ1v) is 14.2. The van der Waals surface area contributed by atoms with Crippen LogP contribution in [-0.2, 0) is 26.2 Å². The molecule has 3 amide bonds. The minimum atomic E-state index is -1.16. The second-order valence-electron chi connectivity index (χ2n) is 11.1. The SMILES string of the molecule is N#Cc1ccc(CCC(=O)N2CC(C(=O)N3CCCN(c4ccc(F)cn4)CC3)C3(C2)C(=O)Nc2ccccc23)cc1. The summed E-state index contributed by atoms with van der Waals surface area (Å²) >= 11 is 0. The minimum Gasteiger partial charge on any atom is -0.355 e. The van der Waals surface area contributed by atoms with Crippen LogP contribution >= 0.6 is 0 Å². The standard InChI is InChI=1S/C32H31FN6O3/c33-24-11-12-28(35-19-24)37-14-3-15-38(17-16-37)30(41)26-20-39(29(40)13-10-22-6-8-23(18-34)9-7-22)21-32(26)25-4-1-2-5-27(25)36-31(32)42/h1-2,4-9,11-12,19,26H,3,10,13-17,20-21H2,(H,36,42). The molecule has 2 aromatic carbocycles. The lowest BCUT2D eigenvalue weighted by atomic mass is 9.72. The molecule has 1 N–H and O–H groups in total. The number of aromatic nitrogens is 1. The van der Waals surface area contributed by atoms with Crippen molar-refractivity contribution in [2.24, 2.45) is 5.92 Å². The first kappa shape index (κ1) is 27.4. The highest BCUT2D eigenvalue weighted by Gasteiger charge is 2.61. The number of likely N-dealkylation sites (tertiary alicyclic amines) is 1. The molecule has 2 unspecified atom stereocenters. The largest absolute Gasteiger partial charge is 0.355 e. The number of fused-ring (bicyclic) bond motifs is 2. The average molecular weight is 567 g/mol. The Morgan fingerprint density at radius 1 is 1.02 bits per heavy atom. The number of para-hydroxylation sites is 1. The molecule has 6 rings (SSSR count). The van der Waals surface area contributed by atoms with E-state index >= 15 is 0 Å². The highest BCUT2D eigenvalue weighted by atomic mass is 19.1. The summed E-state index contributed by atoms with van der Waals surface area (Å²) in [4.78, 5) is 51.2. The van der Waals surface area contributed by atoms with Gasteiger partial charge in [-0.1, -0.05) is 30.3 Å². The van der Waals surface area contributed by atoms with Gasteiger partial charge in [0.1, 0.15) is 17.1 Å². The number of nitriles is 1. The summed E-state index contributed by atoms with van der Waals surface area (Å²) in [6.45, 7) is 2.44. The molecule has 3 aliphatic rings. The van der Waals surface area contributed by atoms with Crippen molar-refractivity contribution in [3.05, 3.63) is 89.4 Å². The fourth-order valence-electron chi connectivity index (χ4n) is 6.47. The number of rotatable bonds is 5. The van der Waals surface area contributed by atoms with E-state index in [1.807, 2.05) is 41.3 Å². The molecular weight excluding hydrogens is 535 g/mol. The normalized spacial score (nSPS) is 21.6. The molecule has 1 aromatic heterocycles. The maximum absolute atomic E-state index is 14.3. The Hall–Kier alpha value is -4.78. The number of anilines is 2. The fraction of sp³-hybridized carbons (Fsp3) is 0.344. The van der Waals surface area contributed by atoms with Crippen LogP contribution < -0.4 is 10.2 Å². The van der Waals surface area contributed by atoms with E-state index in [1.165, 1.54) is 12.3 Å². The highest BCUT2D eigenvalue weighted by Crippen LogP contribution is 2.48. The van der Waals surface area contributed by atoms with Gasteiger partial charge >= 0.3 is 0 Å². The smallest absolute Gasteiger partial charge is 0.237 e. The lowest BCUT2D eigenvalue weighted by Gasteiger charge is -2.31. The van der Waals surface area contributed by atoms with Crippen LogP contribution in [0.2, 0.25) is 0 Å². The average Bonchev–Trinajstić information content (AvgIpc) is 3.43. The molecule has 9 nitrogen and oxygen atoms in total. The van der Waals surface area contributed by atoms with Crippen LogP contribution in [-0.4, -0.2) is 71.8 Å². The van der Waals surface area contributed by atoms with E-state index in [9.17, 15) is 18.8 Å². The second-order valence-corrected chi connectivity index (χ2v) is 11.1. The molecular formula is C32H31FN6O3. The Bertz CT molecular complexity index is 1550. The molecule has 0 aliphatic carbocycles. The van der Waals surface area contributed by atoms with Crippen LogP contribution in [0.25, 0.3) is 0 Å². The lowest BCUT2D eigenvalue weighted by Crippen LogP contribution is -2.50. The predicted octanol–water partition coefficient (Wildman–Crippen LogP) is 3.11. The van der Waals surface area contributed by atoms with Crippen molar-refractivity contribution in [1.82, 2.24) is 14.8 Å². The quantitative estimate of drug-likeness (QED) is 0.509. The van der Waals surface area contributed by atoms with Crippen LogP contribution in [0.4, 0.5) is 15.9 Å². The number of carbonyl (C=O) groups excluding carboxylic acids is 3. The van der Waals surface area contributed by atoms with Crippen molar-refractivity contribution in [3.63, 3.8) is 0 Å². The van der Waals surface area contributed by atoms with Gasteiger partial charge in [-0.05, 0) is 54.3 Å². The molecule has 4 heterocycles. The van der Waals surface area contributed by atoms with Crippen LogP contribution in [0, 0.1) is 23.1 Å². The Morgan fingerprint density at radius 3 is 2.60 bits per heavy atom. The molecule has 3 aliphatic heterocycles. The molecule has 1 spiro atoms. The van der Waals surface area contributed by atoms with Crippen molar-refractivity contribution in [1.29, 1.82) is 5.26 Å². The van der Waals surface area contributed by atoms with Crippen molar-refractivity contribution in [3.8, 4) is 6.07 Å². The summed E-state index contributed by atoms with van der Waals surface area (Å²) in [5.41, 5.74) is 1.77. The molecule has 42 heavy (non-hydrogen) atoms. The number of hydrogen-bond donors (Lipinski definition) is 1. The Labute approximate surface area is 243 Å². The molecule has 10 heteroatoms. The predicted molar refractivity (Wildman–Crippen MR) is 154 cm³/mol. The minimum absolute atomic E-state index is 0.115. The zero-order valence-electron chi connectivity index (χ0n) is 23.1. The Balaban J connectivity index is 1.22. The topological polar surface area (TPSA) is 110 Å². The molecule has 214 valence electrons. The summed E-state index contributed by atoms with van der Waals surface area (Å²) in [5, 5.41) is 12.0. The van der Waals surface area contributed by atoms with Gasteiger partial charge in [-0.2, -0.15) is 5.26 Å². The van der Waals surface area contributed by atoms with Gasteiger partial charge in [0, 0.05) is 51.4 Å². The fourth-order valence-corrected chi connectivity index (χ4v) is 6.47. The van der Waals surface area contributed by atoms with Gasteiger partial charge < -0.3 is 20.0 Å². The molecule has 0 radical (unpaired) electrons.